The zero-order chi connectivity index (χ0) is 19.2. The highest BCUT2D eigenvalue weighted by Gasteiger charge is 2.23. The molecular weight excluding hydrogens is 361 g/mol. The first kappa shape index (κ1) is 20.7. The minimum absolute atomic E-state index is 0.0818. The number of ether oxygens (including phenoxy) is 2. The van der Waals surface area contributed by atoms with Crippen molar-refractivity contribution < 1.29 is 18.7 Å². The highest BCUT2D eigenvalue weighted by atomic mass is 35.5. The molecule has 0 saturated carbocycles. The summed E-state index contributed by atoms with van der Waals surface area (Å²) >= 11 is 5.63. The normalized spacial score (nSPS) is 16.3. The molecule has 0 spiro atoms. The molecule has 1 fully saturated rings. The van der Waals surface area contributed by atoms with E-state index >= 15 is 0 Å². The SMILES string of the molecule is CC(C)(C)OC(=O)NC1CCN(NCCOc2ccc(Cl)c(F)c2)CC1. The van der Waals surface area contributed by atoms with Crippen molar-refractivity contribution in [3.8, 4) is 5.75 Å². The monoisotopic (exact) mass is 387 g/mol. The Morgan fingerprint density at radius 1 is 1.35 bits per heavy atom. The van der Waals surface area contributed by atoms with Crippen LogP contribution in [0.4, 0.5) is 9.18 Å². The number of rotatable bonds is 6. The molecular formula is C18H27ClFN3O3. The van der Waals surface area contributed by atoms with E-state index in [0.717, 1.165) is 25.9 Å². The summed E-state index contributed by atoms with van der Waals surface area (Å²) in [5, 5.41) is 5.09. The van der Waals surface area contributed by atoms with E-state index in [4.69, 9.17) is 21.1 Å². The Balaban J connectivity index is 1.60. The molecule has 2 N–H and O–H groups in total. The van der Waals surface area contributed by atoms with Crippen LogP contribution in [0.5, 0.6) is 5.75 Å². The van der Waals surface area contributed by atoms with E-state index < -0.39 is 11.4 Å². The molecule has 0 unspecified atom stereocenters. The zero-order valence-electron chi connectivity index (χ0n) is 15.5. The first-order valence-corrected chi connectivity index (χ1v) is 9.16. The Kier molecular flexibility index (Phi) is 7.49. The average molecular weight is 388 g/mol. The van der Waals surface area contributed by atoms with Gasteiger partial charge >= 0.3 is 6.09 Å². The summed E-state index contributed by atoms with van der Waals surface area (Å²) in [6, 6.07) is 4.51. The van der Waals surface area contributed by atoms with Crippen molar-refractivity contribution in [2.45, 2.75) is 45.3 Å². The molecule has 0 aromatic heterocycles. The number of alkyl carbamates (subject to hydrolysis) is 1. The van der Waals surface area contributed by atoms with E-state index in [1.54, 1.807) is 6.07 Å². The zero-order valence-corrected chi connectivity index (χ0v) is 16.2. The third kappa shape index (κ3) is 7.35. The van der Waals surface area contributed by atoms with Gasteiger partial charge in [-0.25, -0.2) is 14.2 Å². The van der Waals surface area contributed by atoms with Crippen LogP contribution in [-0.2, 0) is 4.74 Å². The van der Waals surface area contributed by atoms with Gasteiger partial charge in [0.05, 0.1) is 5.02 Å². The van der Waals surface area contributed by atoms with Gasteiger partial charge in [0.2, 0.25) is 0 Å². The highest BCUT2D eigenvalue weighted by molar-refractivity contribution is 6.30. The summed E-state index contributed by atoms with van der Waals surface area (Å²) in [7, 11) is 0. The van der Waals surface area contributed by atoms with Crippen molar-refractivity contribution in [3.63, 3.8) is 0 Å². The largest absolute Gasteiger partial charge is 0.492 e. The fourth-order valence-electron chi connectivity index (χ4n) is 2.60. The lowest BCUT2D eigenvalue weighted by molar-refractivity contribution is 0.0462. The van der Waals surface area contributed by atoms with Gasteiger partial charge in [-0.2, -0.15) is 0 Å². The van der Waals surface area contributed by atoms with Crippen molar-refractivity contribution in [2.24, 2.45) is 0 Å². The first-order valence-electron chi connectivity index (χ1n) is 8.79. The number of nitrogens with one attached hydrogen (secondary N) is 2. The Morgan fingerprint density at radius 2 is 2.04 bits per heavy atom. The van der Waals surface area contributed by atoms with Gasteiger partial charge in [-0.1, -0.05) is 11.6 Å². The van der Waals surface area contributed by atoms with Crippen LogP contribution >= 0.6 is 11.6 Å². The minimum atomic E-state index is -0.489. The third-order valence-corrected chi connectivity index (χ3v) is 4.12. The van der Waals surface area contributed by atoms with Crippen molar-refractivity contribution >= 4 is 17.7 Å². The van der Waals surface area contributed by atoms with Crippen LogP contribution in [0.15, 0.2) is 18.2 Å². The van der Waals surface area contributed by atoms with Crippen molar-refractivity contribution in [1.29, 1.82) is 0 Å². The van der Waals surface area contributed by atoms with Crippen LogP contribution in [0.25, 0.3) is 0 Å². The second-order valence-corrected chi connectivity index (χ2v) is 7.65. The smallest absolute Gasteiger partial charge is 0.407 e. The summed E-state index contributed by atoms with van der Waals surface area (Å²) in [6.07, 6.45) is 1.32. The Morgan fingerprint density at radius 3 is 2.65 bits per heavy atom. The van der Waals surface area contributed by atoms with E-state index in [9.17, 15) is 9.18 Å². The number of nitrogens with zero attached hydrogens (tertiary/aromatic N) is 1. The Hall–Kier alpha value is -1.57. The number of piperidine rings is 1. The summed E-state index contributed by atoms with van der Waals surface area (Å²) in [5.74, 6) is -0.0364. The van der Waals surface area contributed by atoms with Crippen LogP contribution < -0.4 is 15.5 Å². The molecule has 1 aromatic carbocycles. The van der Waals surface area contributed by atoms with Gasteiger partial charge in [-0.3, -0.25) is 5.43 Å². The lowest BCUT2D eigenvalue weighted by Crippen LogP contribution is -2.50. The van der Waals surface area contributed by atoms with Crippen molar-refractivity contribution in [3.05, 3.63) is 29.0 Å². The summed E-state index contributed by atoms with van der Waals surface area (Å²) < 4.78 is 24.1. The molecule has 1 aromatic rings. The molecule has 0 radical (unpaired) electrons. The van der Waals surface area contributed by atoms with Crippen LogP contribution in [0.3, 0.4) is 0 Å². The standard InChI is InChI=1S/C18H27ClFN3O3/c1-18(2,3)26-17(24)22-13-6-9-23(10-7-13)21-8-11-25-14-4-5-15(19)16(20)12-14/h4-5,12-13,21H,6-11H2,1-3H3,(H,22,24). The second kappa shape index (κ2) is 9.39. The number of hydrazine groups is 1. The molecule has 1 heterocycles. The molecule has 1 aliphatic rings. The summed E-state index contributed by atoms with van der Waals surface area (Å²) in [4.78, 5) is 11.8. The third-order valence-electron chi connectivity index (χ3n) is 3.81. The maximum absolute atomic E-state index is 13.3. The predicted octanol–water partition coefficient (Wildman–Crippen LogP) is 3.35. The molecule has 1 amide bonds. The van der Waals surface area contributed by atoms with Crippen LogP contribution in [-0.4, -0.2) is 49.0 Å². The van der Waals surface area contributed by atoms with Gasteiger partial charge in [0.25, 0.3) is 0 Å². The summed E-state index contributed by atoms with van der Waals surface area (Å²) in [6.45, 7) is 8.19. The number of amides is 1. The molecule has 1 aliphatic heterocycles. The minimum Gasteiger partial charge on any atom is -0.492 e. The predicted molar refractivity (Wildman–Crippen MR) is 98.9 cm³/mol. The maximum Gasteiger partial charge on any atom is 0.407 e. The van der Waals surface area contributed by atoms with E-state index in [0.29, 0.717) is 18.9 Å². The van der Waals surface area contributed by atoms with Gasteiger partial charge < -0.3 is 14.8 Å². The molecule has 146 valence electrons. The van der Waals surface area contributed by atoms with E-state index in [2.05, 4.69) is 15.8 Å². The molecule has 26 heavy (non-hydrogen) atoms. The Labute approximate surface area is 158 Å². The van der Waals surface area contributed by atoms with Gasteiger partial charge in [0.1, 0.15) is 23.8 Å². The molecule has 1 saturated heterocycles. The van der Waals surface area contributed by atoms with Gasteiger partial charge in [-0.05, 0) is 45.7 Å². The maximum atomic E-state index is 13.3. The lowest BCUT2D eigenvalue weighted by atomic mass is 10.1. The second-order valence-electron chi connectivity index (χ2n) is 7.24. The van der Waals surface area contributed by atoms with E-state index in [-0.39, 0.29) is 17.2 Å². The van der Waals surface area contributed by atoms with Crippen LogP contribution in [0, 0.1) is 5.82 Å². The molecule has 6 nitrogen and oxygen atoms in total. The fraction of sp³-hybridized carbons (Fsp3) is 0.611. The number of carbonyl (C=O) groups is 1. The van der Waals surface area contributed by atoms with Gasteiger partial charge in [0.15, 0.2) is 0 Å². The molecule has 0 aliphatic carbocycles. The molecule has 0 atom stereocenters. The topological polar surface area (TPSA) is 62.8 Å². The van der Waals surface area contributed by atoms with E-state index in [1.807, 2.05) is 20.8 Å². The van der Waals surface area contributed by atoms with Gasteiger partial charge in [0, 0.05) is 31.7 Å². The molecule has 8 heteroatoms. The number of benzene rings is 1. The van der Waals surface area contributed by atoms with E-state index in [1.165, 1.54) is 12.1 Å². The quantitative estimate of drug-likeness (QED) is 0.733. The summed E-state index contributed by atoms with van der Waals surface area (Å²) in [5.41, 5.74) is 2.79. The van der Waals surface area contributed by atoms with Crippen molar-refractivity contribution in [2.75, 3.05) is 26.2 Å². The fourth-order valence-corrected chi connectivity index (χ4v) is 2.71. The highest BCUT2D eigenvalue weighted by Crippen LogP contribution is 2.20. The number of halogens is 2. The molecule has 0 bridgehead atoms. The first-order chi connectivity index (χ1) is 12.2. The molecule has 2 rings (SSSR count). The lowest BCUT2D eigenvalue weighted by Gasteiger charge is -2.33. The number of hydrogen-bond donors (Lipinski definition) is 2. The van der Waals surface area contributed by atoms with Gasteiger partial charge in [-0.15, -0.1) is 0 Å². The number of hydrogen-bond acceptors (Lipinski definition) is 5. The number of carbonyl (C=O) groups excluding carboxylic acids is 1. The van der Waals surface area contributed by atoms with Crippen LogP contribution in [0.1, 0.15) is 33.6 Å². The average Bonchev–Trinajstić information content (AvgIpc) is 2.54. The van der Waals surface area contributed by atoms with Crippen LogP contribution in [0.2, 0.25) is 5.02 Å². The Bertz CT molecular complexity index is 602. The van der Waals surface area contributed by atoms with Crippen molar-refractivity contribution in [1.82, 2.24) is 15.8 Å².